The number of hydrogen-bond acceptors (Lipinski definition) is 12. The Hall–Kier alpha value is -4.90. The van der Waals surface area contributed by atoms with Gasteiger partial charge in [-0.2, -0.15) is 0 Å². The summed E-state index contributed by atoms with van der Waals surface area (Å²) in [5, 5.41) is 24.3. The van der Waals surface area contributed by atoms with Gasteiger partial charge in [-0.1, -0.05) is 124 Å². The van der Waals surface area contributed by atoms with E-state index < -0.39 is 11.9 Å². The number of ether oxygens (including phenoxy) is 3. The van der Waals surface area contributed by atoms with Crippen molar-refractivity contribution in [2.45, 2.75) is 239 Å². The fraction of sp³-hybridized carbons (Fsp3) is 0.711. The molecule has 506 valence electrons. The highest BCUT2D eigenvalue weighted by atomic mass is 16.5. The number of aromatic carboxylic acids is 1. The lowest BCUT2D eigenvalue weighted by atomic mass is 9.43. The summed E-state index contributed by atoms with van der Waals surface area (Å²) in [6, 6.07) is 13.5. The average molecular weight is 1260 g/mol. The predicted octanol–water partition coefficient (Wildman–Crippen LogP) is 15.1. The van der Waals surface area contributed by atoms with Gasteiger partial charge < -0.3 is 56.3 Å². The summed E-state index contributed by atoms with van der Waals surface area (Å²) in [6.45, 7) is 15.9. The maximum atomic E-state index is 14.3. The molecule has 8 rings (SSSR count). The zero-order chi connectivity index (χ0) is 64.8. The Morgan fingerprint density at radius 1 is 0.692 bits per heavy atom. The highest BCUT2D eigenvalue weighted by molar-refractivity contribution is 6.09. The minimum atomic E-state index is -1.22. The summed E-state index contributed by atoms with van der Waals surface area (Å²) < 4.78 is 26.7. The van der Waals surface area contributed by atoms with Gasteiger partial charge in [0.25, 0.3) is 5.91 Å². The molecule has 15 heteroatoms. The first-order valence-electron chi connectivity index (χ1n) is 36.2. The average Bonchev–Trinajstić information content (AvgIpc) is 1.68. The molecule has 15 nitrogen and oxygen atoms in total. The summed E-state index contributed by atoms with van der Waals surface area (Å²) in [5.41, 5.74) is 19.8. The van der Waals surface area contributed by atoms with Gasteiger partial charge in [0.2, 0.25) is 5.91 Å². The number of nitrogens with one attached hydrogen (secondary N) is 1. The van der Waals surface area contributed by atoms with Gasteiger partial charge in [0, 0.05) is 85.5 Å². The fourth-order valence-corrected chi connectivity index (χ4v) is 17.5. The zero-order valence-corrected chi connectivity index (χ0v) is 56.3. The molecule has 9 N–H and O–H groups in total. The second-order valence-corrected chi connectivity index (χ2v) is 28.5. The molecule has 6 aliphatic rings. The van der Waals surface area contributed by atoms with E-state index in [1.54, 1.807) is 24.3 Å². The first-order chi connectivity index (χ1) is 44.2. The number of amides is 2. The quantitative estimate of drug-likeness (QED) is 0.0179. The first kappa shape index (κ1) is 71.9. The number of nitrogens with zero attached hydrogens (tertiary/aromatic N) is 1. The number of rotatable bonds is 41. The molecule has 1 aliphatic heterocycles. The van der Waals surface area contributed by atoms with Crippen LogP contribution < -0.4 is 27.9 Å². The lowest BCUT2D eigenvalue weighted by molar-refractivity contribution is -0.227. The van der Waals surface area contributed by atoms with E-state index >= 15 is 0 Å². The van der Waals surface area contributed by atoms with Gasteiger partial charge in [-0.05, 0) is 199 Å². The highest BCUT2D eigenvalue weighted by Gasteiger charge is 2.66. The van der Waals surface area contributed by atoms with Crippen LogP contribution in [0.15, 0.2) is 63.8 Å². The summed E-state index contributed by atoms with van der Waals surface area (Å²) in [7, 11) is 0. The normalized spacial score (nSPS) is 24.9. The van der Waals surface area contributed by atoms with Gasteiger partial charge in [-0.3, -0.25) is 14.4 Å². The number of hydrogen-bond donors (Lipinski definition) is 6. The third-order valence-electron chi connectivity index (χ3n) is 22.5. The Morgan fingerprint density at radius 2 is 1.34 bits per heavy atom. The molecular formula is C76H117N5O10. The molecule has 0 radical (unpaired) electrons. The summed E-state index contributed by atoms with van der Waals surface area (Å²) >= 11 is 0. The molecule has 0 spiro atoms. The van der Waals surface area contributed by atoms with E-state index in [0.717, 1.165) is 96.7 Å². The van der Waals surface area contributed by atoms with Crippen molar-refractivity contribution in [2.75, 3.05) is 59.1 Å². The molecule has 4 fully saturated rings. The van der Waals surface area contributed by atoms with Gasteiger partial charge >= 0.3 is 5.97 Å². The molecule has 0 saturated heterocycles. The maximum absolute atomic E-state index is 14.3. The van der Waals surface area contributed by atoms with E-state index in [1.807, 2.05) is 0 Å². The topological polar surface area (TPSA) is 243 Å². The SMILES string of the molecule is CCCCCCCCCCCCCCCCN(CCC[C@@H](C)C1CC[C@H]2C3[C@H](OCCCN)CC4C[C@H](OCCCN)CCC4(C)[C@H]3C[C@H](OCCCN)C12C)C(=O)CCCCCNC(=O)c1ccc(-c2c3ccc(=O)cc-3oc3cc(O)ccc23)c(C(=O)O)c1. The molecule has 0 aromatic heterocycles. The standard InChI is InChI=1S/C76H117N5O10/c1-5-6-7-8-9-10-11-12-13-14-15-16-17-21-42-81(70(84)27-19-18-20-41-80-73(85)54-28-31-59(62(47-54)74(86)87)71-60-32-29-56(82)50-66(60)91-67-51-57(83)30-33-61(67)71)43-22-26-53(2)63-34-35-64-72-65(52-69(76(63,64)4)90-46-25-40-79)75(3)37-36-58(88-44-23-38-77)48-55(75)49-68(72)89-45-24-39-78/h28-33,47,50-51,53,55,58,63-65,68-69,72,82H,5-27,34-46,48-49,52,77-79H2,1-4H3,(H,80,85)(H,86,87)/t53-,55?,58-,63?,64+,65+,68-,69+,72?,75?,76?/m1/s1. The zero-order valence-electron chi connectivity index (χ0n) is 56.3. The molecule has 0 bridgehead atoms. The highest BCUT2D eigenvalue weighted by Crippen LogP contribution is 2.69. The molecule has 1 heterocycles. The summed E-state index contributed by atoms with van der Waals surface area (Å²) in [4.78, 5) is 55.3. The van der Waals surface area contributed by atoms with Crippen LogP contribution in [0.4, 0.5) is 0 Å². The smallest absolute Gasteiger partial charge is 0.336 e. The molecular weight excluding hydrogens is 1140 g/mol. The number of carboxylic acids is 1. The molecule has 2 aromatic rings. The van der Waals surface area contributed by atoms with Crippen molar-refractivity contribution >= 4 is 28.8 Å². The van der Waals surface area contributed by atoms with Crippen LogP contribution in [-0.4, -0.2) is 110 Å². The van der Waals surface area contributed by atoms with Crippen LogP contribution in [0.3, 0.4) is 0 Å². The minimum absolute atomic E-state index is 0.00511. The Bertz CT molecular complexity index is 2920. The van der Waals surface area contributed by atoms with Crippen LogP contribution in [-0.2, 0) is 19.0 Å². The number of carbonyl (C=O) groups excluding carboxylic acids is 2. The molecule has 5 aliphatic carbocycles. The number of fused-ring (bicyclic) bond motifs is 7. The van der Waals surface area contributed by atoms with E-state index in [-0.39, 0.29) is 68.7 Å². The Labute approximate surface area is 545 Å². The van der Waals surface area contributed by atoms with Crippen molar-refractivity contribution in [3.8, 4) is 28.2 Å². The van der Waals surface area contributed by atoms with Crippen molar-refractivity contribution in [2.24, 2.45) is 63.5 Å². The third kappa shape index (κ3) is 18.7. The van der Waals surface area contributed by atoms with Gasteiger partial charge in [-0.25, -0.2) is 4.79 Å². The minimum Gasteiger partial charge on any atom is -0.508 e. The van der Waals surface area contributed by atoms with Crippen LogP contribution in [0.25, 0.3) is 33.4 Å². The van der Waals surface area contributed by atoms with E-state index in [4.69, 9.17) is 35.8 Å². The monoisotopic (exact) mass is 1260 g/mol. The van der Waals surface area contributed by atoms with Gasteiger partial charge in [0.05, 0.1) is 23.9 Å². The number of aromatic hydroxyl groups is 1. The Morgan fingerprint density at radius 3 is 2.03 bits per heavy atom. The second-order valence-electron chi connectivity index (χ2n) is 28.5. The number of carbonyl (C=O) groups is 3. The first-order valence-corrected chi connectivity index (χ1v) is 36.2. The number of benzene rings is 3. The number of phenols is 1. The lowest BCUT2D eigenvalue weighted by Gasteiger charge is -2.65. The van der Waals surface area contributed by atoms with Crippen LogP contribution in [0.1, 0.15) is 241 Å². The number of nitrogens with two attached hydrogens (primary N) is 3. The van der Waals surface area contributed by atoms with Crippen LogP contribution in [0.2, 0.25) is 0 Å². The van der Waals surface area contributed by atoms with Crippen molar-refractivity contribution in [1.82, 2.24) is 10.2 Å². The van der Waals surface area contributed by atoms with Gasteiger partial charge in [-0.15, -0.1) is 0 Å². The van der Waals surface area contributed by atoms with Crippen molar-refractivity contribution < 1.29 is 43.2 Å². The molecule has 2 amide bonds. The Kier molecular flexibility index (Phi) is 28.5. The largest absolute Gasteiger partial charge is 0.508 e. The van der Waals surface area contributed by atoms with Crippen LogP contribution >= 0.6 is 0 Å². The Balaban J connectivity index is 0.876. The predicted molar refractivity (Wildman–Crippen MR) is 365 cm³/mol. The van der Waals surface area contributed by atoms with Crippen molar-refractivity contribution in [1.29, 1.82) is 0 Å². The van der Waals surface area contributed by atoms with Crippen molar-refractivity contribution in [3.05, 3.63) is 75.9 Å². The second kappa shape index (κ2) is 36.1. The van der Waals surface area contributed by atoms with Crippen molar-refractivity contribution in [3.63, 3.8) is 0 Å². The fourth-order valence-electron chi connectivity index (χ4n) is 17.5. The molecule has 11 atom stereocenters. The molecule has 91 heavy (non-hydrogen) atoms. The summed E-state index contributed by atoms with van der Waals surface area (Å²) in [5.74, 6) is 1.79. The van der Waals surface area contributed by atoms with E-state index in [0.29, 0.717) is 116 Å². The van der Waals surface area contributed by atoms with Crippen LogP contribution in [0.5, 0.6) is 5.75 Å². The van der Waals surface area contributed by atoms with E-state index in [1.165, 1.54) is 127 Å². The maximum Gasteiger partial charge on any atom is 0.336 e. The van der Waals surface area contributed by atoms with Gasteiger partial charge in [0.1, 0.15) is 17.1 Å². The molecule has 4 saturated carbocycles. The number of phenolic OH excluding ortho intramolecular Hbond substituents is 1. The number of unbranched alkanes of at least 4 members (excludes halogenated alkanes) is 15. The van der Waals surface area contributed by atoms with E-state index in [2.05, 4.69) is 37.9 Å². The summed E-state index contributed by atoms with van der Waals surface area (Å²) in [6.07, 6.45) is 33.9. The third-order valence-corrected chi connectivity index (χ3v) is 22.5. The molecule has 2 aromatic carbocycles. The molecule has 5 unspecified atom stereocenters. The number of carboxylic acid groups (broad SMARTS) is 1. The van der Waals surface area contributed by atoms with E-state index in [9.17, 15) is 29.4 Å². The van der Waals surface area contributed by atoms with Crippen LogP contribution in [0, 0.1) is 46.3 Å². The lowest BCUT2D eigenvalue weighted by Crippen LogP contribution is -2.63. The van der Waals surface area contributed by atoms with Gasteiger partial charge in [0.15, 0.2) is 5.43 Å².